The van der Waals surface area contributed by atoms with Crippen molar-refractivity contribution in [3.63, 3.8) is 0 Å². The molecule has 0 saturated heterocycles. The molecule has 2 aromatic carbocycles. The Morgan fingerprint density at radius 2 is 1.52 bits per heavy atom. The van der Waals surface area contributed by atoms with Crippen LogP contribution in [0.1, 0.15) is 34.8 Å². The zero-order valence-electron chi connectivity index (χ0n) is 16.9. The Labute approximate surface area is 179 Å². The second-order valence-corrected chi connectivity index (χ2v) is 6.69. The highest BCUT2D eigenvalue weighted by molar-refractivity contribution is 5.95. The number of aliphatic hydroxyl groups excluding tert-OH is 1. The number of aliphatic hydroxyl groups is 1. The molecule has 0 unspecified atom stereocenters. The lowest BCUT2D eigenvalue weighted by molar-refractivity contribution is -0.145. The van der Waals surface area contributed by atoms with Gasteiger partial charge >= 0.3 is 11.9 Å². The molecule has 164 valence electrons. The standard InChI is InChI=1S/C22H24N2O7/c1-31-17(25)13-12-16(22(29)30)23-21(28)19(26)18(14-8-4-2-5-9-14)24-20(27)15-10-6-3-7-11-15/h2-11,16,18-19,26H,12-13H2,1H3,(H,23,28)(H,24,27)(H,29,30)/t16-,18-,19+/m0/s1. The lowest BCUT2D eigenvalue weighted by atomic mass is 9.99. The van der Waals surface area contributed by atoms with E-state index in [1.807, 2.05) is 0 Å². The molecule has 0 heterocycles. The highest BCUT2D eigenvalue weighted by atomic mass is 16.5. The summed E-state index contributed by atoms with van der Waals surface area (Å²) in [5.74, 6) is -3.51. The van der Waals surface area contributed by atoms with Gasteiger partial charge in [-0.25, -0.2) is 4.79 Å². The summed E-state index contributed by atoms with van der Waals surface area (Å²) in [4.78, 5) is 47.9. The molecule has 0 aliphatic heterocycles. The molecule has 0 fully saturated rings. The van der Waals surface area contributed by atoms with Crippen molar-refractivity contribution in [3.8, 4) is 0 Å². The number of hydrogen-bond donors (Lipinski definition) is 4. The summed E-state index contributed by atoms with van der Waals surface area (Å²) < 4.78 is 4.47. The summed E-state index contributed by atoms with van der Waals surface area (Å²) in [6, 6.07) is 14.0. The lowest BCUT2D eigenvalue weighted by Crippen LogP contribution is -2.50. The fourth-order valence-corrected chi connectivity index (χ4v) is 2.85. The van der Waals surface area contributed by atoms with E-state index in [0.717, 1.165) is 0 Å². The van der Waals surface area contributed by atoms with Gasteiger partial charge in [0.15, 0.2) is 6.10 Å². The van der Waals surface area contributed by atoms with Gasteiger partial charge in [0, 0.05) is 12.0 Å². The van der Waals surface area contributed by atoms with E-state index >= 15 is 0 Å². The molecular weight excluding hydrogens is 404 g/mol. The third kappa shape index (κ3) is 6.93. The van der Waals surface area contributed by atoms with Crippen LogP contribution in [0.3, 0.4) is 0 Å². The summed E-state index contributed by atoms with van der Waals surface area (Å²) in [5.41, 5.74) is 0.786. The normalized spacial score (nSPS) is 13.4. The molecule has 0 aromatic heterocycles. The third-order valence-electron chi connectivity index (χ3n) is 4.55. The van der Waals surface area contributed by atoms with Gasteiger partial charge in [-0.3, -0.25) is 14.4 Å². The Morgan fingerprint density at radius 3 is 2.06 bits per heavy atom. The van der Waals surface area contributed by atoms with Crippen LogP contribution in [0.25, 0.3) is 0 Å². The van der Waals surface area contributed by atoms with Gasteiger partial charge in [0.25, 0.3) is 11.8 Å². The summed E-state index contributed by atoms with van der Waals surface area (Å²) in [6.07, 6.45) is -2.22. The number of benzene rings is 2. The molecule has 0 spiro atoms. The molecule has 0 aliphatic rings. The van der Waals surface area contributed by atoms with Crippen LogP contribution in [0.2, 0.25) is 0 Å². The molecule has 9 nitrogen and oxygen atoms in total. The number of carbonyl (C=O) groups excluding carboxylic acids is 3. The molecule has 31 heavy (non-hydrogen) atoms. The molecule has 2 rings (SSSR count). The van der Waals surface area contributed by atoms with Gasteiger partial charge in [-0.05, 0) is 24.1 Å². The zero-order valence-corrected chi connectivity index (χ0v) is 16.9. The largest absolute Gasteiger partial charge is 0.480 e. The van der Waals surface area contributed by atoms with E-state index in [1.54, 1.807) is 60.7 Å². The number of amides is 2. The average molecular weight is 428 g/mol. The molecule has 3 atom stereocenters. The van der Waals surface area contributed by atoms with E-state index in [0.29, 0.717) is 11.1 Å². The number of rotatable bonds is 10. The summed E-state index contributed by atoms with van der Waals surface area (Å²) in [5, 5.41) is 24.8. The van der Waals surface area contributed by atoms with Crippen molar-refractivity contribution in [1.82, 2.24) is 10.6 Å². The number of carboxylic acid groups (broad SMARTS) is 1. The number of hydrogen-bond acceptors (Lipinski definition) is 6. The number of ether oxygens (including phenoxy) is 1. The van der Waals surface area contributed by atoms with Crippen molar-refractivity contribution in [2.45, 2.75) is 31.0 Å². The molecule has 2 aromatic rings. The second-order valence-electron chi connectivity index (χ2n) is 6.69. The van der Waals surface area contributed by atoms with Crippen molar-refractivity contribution in [2.75, 3.05) is 7.11 Å². The van der Waals surface area contributed by atoms with Crippen LogP contribution in [0.4, 0.5) is 0 Å². The van der Waals surface area contributed by atoms with E-state index in [4.69, 9.17) is 0 Å². The fraction of sp³-hybridized carbons (Fsp3) is 0.273. The van der Waals surface area contributed by atoms with E-state index in [1.165, 1.54) is 7.11 Å². The smallest absolute Gasteiger partial charge is 0.326 e. The van der Waals surface area contributed by atoms with E-state index < -0.39 is 41.9 Å². The number of methoxy groups -OCH3 is 1. The van der Waals surface area contributed by atoms with E-state index in [2.05, 4.69) is 15.4 Å². The minimum Gasteiger partial charge on any atom is -0.480 e. The van der Waals surface area contributed by atoms with Crippen LogP contribution in [-0.4, -0.2) is 53.2 Å². The van der Waals surface area contributed by atoms with Crippen molar-refractivity contribution < 1.29 is 34.1 Å². The van der Waals surface area contributed by atoms with Gasteiger partial charge in [0.05, 0.1) is 13.2 Å². The Bertz CT molecular complexity index is 903. The second kappa shape index (κ2) is 11.5. The highest BCUT2D eigenvalue weighted by Crippen LogP contribution is 2.18. The lowest BCUT2D eigenvalue weighted by Gasteiger charge is -2.25. The minimum absolute atomic E-state index is 0.215. The van der Waals surface area contributed by atoms with Crippen molar-refractivity contribution in [1.29, 1.82) is 0 Å². The monoisotopic (exact) mass is 428 g/mol. The summed E-state index contributed by atoms with van der Waals surface area (Å²) in [7, 11) is 1.17. The molecule has 0 saturated carbocycles. The van der Waals surface area contributed by atoms with E-state index in [-0.39, 0.29) is 12.8 Å². The number of esters is 1. The predicted octanol–water partition coefficient (Wildman–Crippen LogP) is 1.04. The van der Waals surface area contributed by atoms with E-state index in [9.17, 15) is 29.4 Å². The molecule has 2 amide bonds. The first-order chi connectivity index (χ1) is 14.8. The molecule has 0 radical (unpaired) electrons. The third-order valence-corrected chi connectivity index (χ3v) is 4.55. The highest BCUT2D eigenvalue weighted by Gasteiger charge is 2.32. The van der Waals surface area contributed by atoms with Crippen LogP contribution < -0.4 is 10.6 Å². The first-order valence-electron chi connectivity index (χ1n) is 9.52. The van der Waals surface area contributed by atoms with Gasteiger partial charge in [-0.15, -0.1) is 0 Å². The maximum Gasteiger partial charge on any atom is 0.326 e. The van der Waals surface area contributed by atoms with Crippen molar-refractivity contribution in [2.24, 2.45) is 0 Å². The Morgan fingerprint density at radius 1 is 0.935 bits per heavy atom. The number of nitrogens with one attached hydrogen (secondary N) is 2. The van der Waals surface area contributed by atoms with Crippen LogP contribution in [0.15, 0.2) is 60.7 Å². The maximum atomic E-state index is 12.6. The molecule has 9 heteroatoms. The average Bonchev–Trinajstić information content (AvgIpc) is 2.80. The maximum absolute atomic E-state index is 12.6. The van der Waals surface area contributed by atoms with Gasteiger partial charge in [0.1, 0.15) is 6.04 Å². The molecule has 0 bridgehead atoms. The topological polar surface area (TPSA) is 142 Å². The number of aliphatic carboxylic acids is 1. The summed E-state index contributed by atoms with van der Waals surface area (Å²) >= 11 is 0. The van der Waals surface area contributed by atoms with Crippen LogP contribution in [0.5, 0.6) is 0 Å². The number of carboxylic acids is 1. The predicted molar refractivity (Wildman–Crippen MR) is 110 cm³/mol. The molecule has 4 N–H and O–H groups in total. The first-order valence-corrected chi connectivity index (χ1v) is 9.52. The van der Waals surface area contributed by atoms with Gasteiger partial charge < -0.3 is 25.6 Å². The SMILES string of the molecule is COC(=O)CC[C@H](NC(=O)[C@H](O)[C@@H](NC(=O)c1ccccc1)c1ccccc1)C(=O)O. The van der Waals surface area contributed by atoms with Crippen LogP contribution >= 0.6 is 0 Å². The van der Waals surface area contributed by atoms with Crippen molar-refractivity contribution in [3.05, 3.63) is 71.8 Å². The first kappa shape index (κ1) is 23.6. The quantitative estimate of drug-likeness (QED) is 0.414. The number of carbonyl (C=O) groups is 4. The van der Waals surface area contributed by atoms with Gasteiger partial charge in [-0.1, -0.05) is 48.5 Å². The molecule has 0 aliphatic carbocycles. The van der Waals surface area contributed by atoms with Gasteiger partial charge in [0.2, 0.25) is 0 Å². The Hall–Kier alpha value is -3.72. The minimum atomic E-state index is -1.78. The van der Waals surface area contributed by atoms with Gasteiger partial charge in [-0.2, -0.15) is 0 Å². The zero-order chi connectivity index (χ0) is 22.8. The Balaban J connectivity index is 2.18. The van der Waals surface area contributed by atoms with Crippen LogP contribution in [-0.2, 0) is 19.1 Å². The Kier molecular flexibility index (Phi) is 8.71. The molecular formula is C22H24N2O7. The van der Waals surface area contributed by atoms with Crippen LogP contribution in [0, 0.1) is 0 Å². The van der Waals surface area contributed by atoms with Crippen molar-refractivity contribution >= 4 is 23.8 Å². The fourth-order valence-electron chi connectivity index (χ4n) is 2.85. The summed E-state index contributed by atoms with van der Waals surface area (Å²) in [6.45, 7) is 0.